The van der Waals surface area contributed by atoms with E-state index >= 15 is 0 Å². The molecule has 0 atom stereocenters. The first-order valence-corrected chi connectivity index (χ1v) is 10.3. The quantitative estimate of drug-likeness (QED) is 0.203. The number of ether oxygens (including phenoxy) is 2. The first kappa shape index (κ1) is 22.5. The van der Waals surface area contributed by atoms with Crippen molar-refractivity contribution in [2.45, 2.75) is 77.0 Å². The fourth-order valence-electron chi connectivity index (χ4n) is 2.33. The zero-order valence-corrected chi connectivity index (χ0v) is 15.8. The summed E-state index contributed by atoms with van der Waals surface area (Å²) in [6, 6.07) is 0. The molecule has 134 valence electrons. The van der Waals surface area contributed by atoms with Crippen molar-refractivity contribution in [2.24, 2.45) is 0 Å². The smallest absolute Gasteiger partial charge is 0.0700 e. The van der Waals surface area contributed by atoms with Crippen LogP contribution in [-0.2, 0) is 9.47 Å². The molecule has 4 heteroatoms. The largest absolute Gasteiger partial charge is 0.379 e. The van der Waals surface area contributed by atoms with E-state index in [-0.39, 0.29) is 0 Å². The second-order valence-electron chi connectivity index (χ2n) is 5.85. The monoisotopic (exact) mass is 354 g/mol. The van der Waals surface area contributed by atoms with Crippen molar-refractivity contribution in [3.63, 3.8) is 0 Å². The third-order valence-corrected chi connectivity index (χ3v) is 4.25. The molecule has 0 bridgehead atoms. The molecular weight excluding hydrogens is 319 g/mol. The van der Waals surface area contributed by atoms with Crippen LogP contribution in [0.1, 0.15) is 77.0 Å². The summed E-state index contributed by atoms with van der Waals surface area (Å²) in [5, 5.41) is 0. The van der Waals surface area contributed by atoms with Crippen LogP contribution >= 0.6 is 23.2 Å². The summed E-state index contributed by atoms with van der Waals surface area (Å²) in [5.41, 5.74) is 0. The van der Waals surface area contributed by atoms with Gasteiger partial charge >= 0.3 is 0 Å². The van der Waals surface area contributed by atoms with E-state index in [0.717, 1.165) is 51.0 Å². The molecule has 0 rings (SSSR count). The molecule has 2 nitrogen and oxygen atoms in total. The van der Waals surface area contributed by atoms with E-state index in [2.05, 4.69) is 0 Å². The van der Waals surface area contributed by atoms with Crippen LogP contribution in [0.4, 0.5) is 0 Å². The van der Waals surface area contributed by atoms with Crippen LogP contribution in [0.5, 0.6) is 0 Å². The molecule has 0 aliphatic rings. The Labute approximate surface area is 148 Å². The first-order valence-electron chi connectivity index (χ1n) is 9.19. The fourth-order valence-corrected chi connectivity index (χ4v) is 2.71. The third-order valence-electron chi connectivity index (χ3n) is 3.72. The number of hydrogen-bond donors (Lipinski definition) is 0. The van der Waals surface area contributed by atoms with Gasteiger partial charge in [0.15, 0.2) is 0 Å². The summed E-state index contributed by atoms with van der Waals surface area (Å²) < 4.78 is 11.1. The maximum atomic E-state index is 5.64. The van der Waals surface area contributed by atoms with Crippen molar-refractivity contribution >= 4 is 23.2 Å². The molecule has 0 unspecified atom stereocenters. The highest BCUT2D eigenvalue weighted by Gasteiger charge is 1.94. The van der Waals surface area contributed by atoms with Gasteiger partial charge in [-0.2, -0.15) is 0 Å². The van der Waals surface area contributed by atoms with Gasteiger partial charge in [-0.15, -0.1) is 23.2 Å². The number of hydrogen-bond acceptors (Lipinski definition) is 2. The zero-order valence-electron chi connectivity index (χ0n) is 14.3. The topological polar surface area (TPSA) is 18.5 Å². The van der Waals surface area contributed by atoms with E-state index in [0.29, 0.717) is 0 Å². The second kappa shape index (κ2) is 21.5. The van der Waals surface area contributed by atoms with Crippen LogP contribution in [0, 0.1) is 0 Å². The van der Waals surface area contributed by atoms with E-state index < -0.39 is 0 Å². The summed E-state index contributed by atoms with van der Waals surface area (Å²) in [6.45, 7) is 3.23. The van der Waals surface area contributed by atoms with Crippen molar-refractivity contribution in [1.82, 2.24) is 0 Å². The molecule has 0 saturated heterocycles. The third kappa shape index (κ3) is 20.5. The molecule has 0 aliphatic carbocycles. The van der Waals surface area contributed by atoms with Gasteiger partial charge in [0, 0.05) is 25.0 Å². The van der Waals surface area contributed by atoms with Crippen LogP contribution in [0.2, 0.25) is 0 Å². The lowest BCUT2D eigenvalue weighted by Crippen LogP contribution is -2.06. The Kier molecular flexibility index (Phi) is 22.0. The Morgan fingerprint density at radius 3 is 1.05 bits per heavy atom. The van der Waals surface area contributed by atoms with Gasteiger partial charge in [0.25, 0.3) is 0 Å². The number of rotatable bonds is 19. The lowest BCUT2D eigenvalue weighted by Gasteiger charge is -2.06. The molecule has 0 aliphatic heterocycles. The predicted molar refractivity (Wildman–Crippen MR) is 98.5 cm³/mol. The first-order chi connectivity index (χ1) is 10.9. The standard InChI is InChI=1S/C18H36Cl2O2/c19-13-9-5-1-3-7-11-15-21-17-18-22-16-12-8-4-2-6-10-14-20/h1-18H2. The van der Waals surface area contributed by atoms with Crippen LogP contribution < -0.4 is 0 Å². The highest BCUT2D eigenvalue weighted by atomic mass is 35.5. The zero-order chi connectivity index (χ0) is 16.1. The summed E-state index contributed by atoms with van der Waals surface area (Å²) in [7, 11) is 0. The molecule has 0 radical (unpaired) electrons. The van der Waals surface area contributed by atoms with E-state index in [1.165, 1.54) is 64.2 Å². The SMILES string of the molecule is ClCCCCCCCCOCCOCCCCCCCCCl. The van der Waals surface area contributed by atoms with Gasteiger partial charge in [-0.25, -0.2) is 0 Å². The van der Waals surface area contributed by atoms with Gasteiger partial charge in [0.1, 0.15) is 0 Å². The van der Waals surface area contributed by atoms with Crippen molar-refractivity contribution in [2.75, 3.05) is 38.2 Å². The normalized spacial score (nSPS) is 11.2. The summed E-state index contributed by atoms with van der Waals surface area (Å²) in [6.07, 6.45) is 15.0. The van der Waals surface area contributed by atoms with Crippen LogP contribution in [0.3, 0.4) is 0 Å². The van der Waals surface area contributed by atoms with Crippen molar-refractivity contribution in [3.05, 3.63) is 0 Å². The molecule has 0 amide bonds. The highest BCUT2D eigenvalue weighted by molar-refractivity contribution is 6.18. The van der Waals surface area contributed by atoms with Crippen molar-refractivity contribution in [1.29, 1.82) is 0 Å². The Hall–Kier alpha value is 0.500. The lowest BCUT2D eigenvalue weighted by molar-refractivity contribution is 0.0448. The molecule has 0 aromatic carbocycles. The molecule has 0 N–H and O–H groups in total. The van der Waals surface area contributed by atoms with Gasteiger partial charge in [-0.05, 0) is 25.7 Å². The second-order valence-corrected chi connectivity index (χ2v) is 6.60. The van der Waals surface area contributed by atoms with Gasteiger partial charge in [-0.1, -0.05) is 51.4 Å². The van der Waals surface area contributed by atoms with E-state index in [4.69, 9.17) is 32.7 Å². The number of halogens is 2. The van der Waals surface area contributed by atoms with Crippen LogP contribution in [0.15, 0.2) is 0 Å². The Bertz CT molecular complexity index is 172. The van der Waals surface area contributed by atoms with Crippen molar-refractivity contribution < 1.29 is 9.47 Å². The van der Waals surface area contributed by atoms with Gasteiger partial charge < -0.3 is 9.47 Å². The molecular formula is C18H36Cl2O2. The van der Waals surface area contributed by atoms with Crippen LogP contribution in [0.25, 0.3) is 0 Å². The van der Waals surface area contributed by atoms with Gasteiger partial charge in [-0.3, -0.25) is 0 Å². The summed E-state index contributed by atoms with van der Waals surface area (Å²) >= 11 is 11.3. The summed E-state index contributed by atoms with van der Waals surface area (Å²) in [4.78, 5) is 0. The minimum atomic E-state index is 0.738. The van der Waals surface area contributed by atoms with E-state index in [9.17, 15) is 0 Å². The molecule has 0 fully saturated rings. The Morgan fingerprint density at radius 1 is 0.364 bits per heavy atom. The molecule has 0 aromatic heterocycles. The Morgan fingerprint density at radius 2 is 0.682 bits per heavy atom. The average Bonchev–Trinajstić information content (AvgIpc) is 2.54. The minimum absolute atomic E-state index is 0.738. The highest BCUT2D eigenvalue weighted by Crippen LogP contribution is 2.07. The lowest BCUT2D eigenvalue weighted by atomic mass is 10.1. The minimum Gasteiger partial charge on any atom is -0.379 e. The van der Waals surface area contributed by atoms with Crippen LogP contribution in [-0.4, -0.2) is 38.2 Å². The number of alkyl halides is 2. The summed E-state index contributed by atoms with van der Waals surface area (Å²) in [5.74, 6) is 1.61. The number of unbranched alkanes of at least 4 members (excludes halogenated alkanes) is 10. The molecule has 0 aromatic rings. The Balaban J connectivity index is 2.91. The maximum absolute atomic E-state index is 5.64. The molecule has 0 spiro atoms. The fraction of sp³-hybridized carbons (Fsp3) is 1.00. The van der Waals surface area contributed by atoms with E-state index in [1.54, 1.807) is 0 Å². The predicted octanol–water partition coefficient (Wildman–Crippen LogP) is 6.18. The molecule has 0 heterocycles. The van der Waals surface area contributed by atoms with E-state index in [1.807, 2.05) is 0 Å². The van der Waals surface area contributed by atoms with Gasteiger partial charge in [0.2, 0.25) is 0 Å². The average molecular weight is 355 g/mol. The van der Waals surface area contributed by atoms with Crippen molar-refractivity contribution in [3.8, 4) is 0 Å². The maximum Gasteiger partial charge on any atom is 0.0700 e. The molecule has 0 saturated carbocycles. The molecule has 22 heavy (non-hydrogen) atoms. The van der Waals surface area contributed by atoms with Gasteiger partial charge in [0.05, 0.1) is 13.2 Å².